The maximum Gasteiger partial charge on any atom is 0.0665 e. The van der Waals surface area contributed by atoms with Crippen LogP contribution in [-0.2, 0) is 4.74 Å². The van der Waals surface area contributed by atoms with E-state index < -0.39 is 0 Å². The maximum atomic E-state index is 9.33. The summed E-state index contributed by atoms with van der Waals surface area (Å²) in [5.41, 5.74) is 0.303. The SMILES string of the molecule is OC1CCC2(CCOCC2)NC1. The van der Waals surface area contributed by atoms with Gasteiger partial charge >= 0.3 is 0 Å². The first kappa shape index (κ1) is 8.48. The van der Waals surface area contributed by atoms with Crippen LogP contribution in [0.2, 0.25) is 0 Å². The molecule has 12 heavy (non-hydrogen) atoms. The van der Waals surface area contributed by atoms with Gasteiger partial charge in [-0.3, -0.25) is 0 Å². The van der Waals surface area contributed by atoms with Crippen LogP contribution < -0.4 is 5.32 Å². The lowest BCUT2D eigenvalue weighted by atomic mass is 9.81. The van der Waals surface area contributed by atoms with Crippen molar-refractivity contribution < 1.29 is 9.84 Å². The molecule has 0 amide bonds. The molecule has 0 bridgehead atoms. The molecule has 1 spiro atoms. The molecule has 3 heteroatoms. The molecule has 0 aromatic heterocycles. The molecule has 1 atom stereocenters. The minimum Gasteiger partial charge on any atom is -0.392 e. The molecule has 2 heterocycles. The minimum absolute atomic E-state index is 0.126. The number of nitrogens with one attached hydrogen (secondary N) is 1. The van der Waals surface area contributed by atoms with E-state index in [0.29, 0.717) is 5.54 Å². The van der Waals surface area contributed by atoms with Gasteiger partial charge in [-0.25, -0.2) is 0 Å². The highest BCUT2D eigenvalue weighted by molar-refractivity contribution is 4.94. The fraction of sp³-hybridized carbons (Fsp3) is 1.00. The second-order valence-corrected chi connectivity index (χ2v) is 3.97. The van der Waals surface area contributed by atoms with Crippen molar-refractivity contribution in [3.8, 4) is 0 Å². The average Bonchev–Trinajstić information content (AvgIpc) is 2.13. The molecule has 2 aliphatic heterocycles. The molecule has 2 saturated heterocycles. The van der Waals surface area contributed by atoms with Crippen molar-refractivity contribution in [3.05, 3.63) is 0 Å². The average molecular weight is 171 g/mol. The number of ether oxygens (including phenoxy) is 1. The number of rotatable bonds is 0. The van der Waals surface area contributed by atoms with Crippen LogP contribution in [0.15, 0.2) is 0 Å². The normalized spacial score (nSPS) is 35.2. The van der Waals surface area contributed by atoms with Crippen molar-refractivity contribution in [2.24, 2.45) is 0 Å². The van der Waals surface area contributed by atoms with E-state index in [1.165, 1.54) is 0 Å². The zero-order valence-electron chi connectivity index (χ0n) is 7.38. The van der Waals surface area contributed by atoms with Crippen molar-refractivity contribution in [2.75, 3.05) is 19.8 Å². The molecule has 2 aliphatic rings. The molecule has 1 unspecified atom stereocenters. The highest BCUT2D eigenvalue weighted by Crippen LogP contribution is 2.29. The first-order valence-corrected chi connectivity index (χ1v) is 4.82. The Balaban J connectivity index is 1.92. The van der Waals surface area contributed by atoms with Crippen molar-refractivity contribution in [1.29, 1.82) is 0 Å². The molecule has 0 aromatic rings. The molecule has 2 fully saturated rings. The third kappa shape index (κ3) is 1.63. The van der Waals surface area contributed by atoms with Crippen LogP contribution in [-0.4, -0.2) is 36.5 Å². The van der Waals surface area contributed by atoms with Gasteiger partial charge < -0.3 is 15.2 Å². The van der Waals surface area contributed by atoms with Crippen LogP contribution in [0.25, 0.3) is 0 Å². The summed E-state index contributed by atoms with van der Waals surface area (Å²) in [5, 5.41) is 12.8. The summed E-state index contributed by atoms with van der Waals surface area (Å²) >= 11 is 0. The zero-order valence-corrected chi connectivity index (χ0v) is 7.38. The van der Waals surface area contributed by atoms with Gasteiger partial charge in [0, 0.05) is 25.3 Å². The second-order valence-electron chi connectivity index (χ2n) is 3.97. The van der Waals surface area contributed by atoms with Gasteiger partial charge in [-0.05, 0) is 25.7 Å². The van der Waals surface area contributed by atoms with Crippen LogP contribution >= 0.6 is 0 Å². The quantitative estimate of drug-likeness (QED) is 0.550. The molecule has 0 radical (unpaired) electrons. The van der Waals surface area contributed by atoms with E-state index >= 15 is 0 Å². The Labute approximate surface area is 73.1 Å². The Bertz CT molecular complexity index is 145. The van der Waals surface area contributed by atoms with Crippen molar-refractivity contribution >= 4 is 0 Å². The lowest BCUT2D eigenvalue weighted by Gasteiger charge is -2.42. The number of hydrogen-bond acceptors (Lipinski definition) is 3. The number of aliphatic hydroxyl groups is 1. The summed E-state index contributed by atoms with van der Waals surface area (Å²) in [6.45, 7) is 2.52. The van der Waals surface area contributed by atoms with Gasteiger partial charge in [-0.2, -0.15) is 0 Å². The van der Waals surface area contributed by atoms with Gasteiger partial charge in [0.15, 0.2) is 0 Å². The van der Waals surface area contributed by atoms with E-state index in [1.807, 2.05) is 0 Å². The number of hydrogen-bond donors (Lipinski definition) is 2. The van der Waals surface area contributed by atoms with E-state index in [2.05, 4.69) is 5.32 Å². The predicted octanol–water partition coefficient (Wildman–Crippen LogP) is 0.280. The second kappa shape index (κ2) is 3.32. The highest BCUT2D eigenvalue weighted by Gasteiger charge is 2.35. The lowest BCUT2D eigenvalue weighted by molar-refractivity contribution is 0.00444. The van der Waals surface area contributed by atoms with Crippen LogP contribution in [0.3, 0.4) is 0 Å². The molecule has 2 rings (SSSR count). The fourth-order valence-electron chi connectivity index (χ4n) is 2.16. The Kier molecular flexibility index (Phi) is 2.35. The summed E-state index contributed by atoms with van der Waals surface area (Å²) in [4.78, 5) is 0. The van der Waals surface area contributed by atoms with Gasteiger partial charge in [0.05, 0.1) is 6.10 Å². The Morgan fingerprint density at radius 3 is 2.58 bits per heavy atom. The molecule has 0 aliphatic carbocycles. The van der Waals surface area contributed by atoms with E-state index in [-0.39, 0.29) is 6.10 Å². The summed E-state index contributed by atoms with van der Waals surface area (Å²) in [6, 6.07) is 0. The third-order valence-corrected chi connectivity index (χ3v) is 3.12. The molecule has 70 valence electrons. The van der Waals surface area contributed by atoms with Crippen LogP contribution in [0, 0.1) is 0 Å². The van der Waals surface area contributed by atoms with Gasteiger partial charge in [0.25, 0.3) is 0 Å². The van der Waals surface area contributed by atoms with Crippen molar-refractivity contribution in [1.82, 2.24) is 5.32 Å². The topological polar surface area (TPSA) is 41.5 Å². The summed E-state index contributed by atoms with van der Waals surface area (Å²) in [7, 11) is 0. The molecule has 0 saturated carbocycles. The molecular formula is C9H17NO2. The van der Waals surface area contributed by atoms with Gasteiger partial charge in [0.1, 0.15) is 0 Å². The molecular weight excluding hydrogens is 154 g/mol. The van der Waals surface area contributed by atoms with E-state index in [1.54, 1.807) is 0 Å². The molecule has 2 N–H and O–H groups in total. The summed E-state index contributed by atoms with van der Waals surface area (Å²) < 4.78 is 5.32. The highest BCUT2D eigenvalue weighted by atomic mass is 16.5. The maximum absolute atomic E-state index is 9.33. The standard InChI is InChI=1S/C9H17NO2/c11-8-1-2-9(10-7-8)3-5-12-6-4-9/h8,10-11H,1-7H2. The Morgan fingerprint density at radius 1 is 1.25 bits per heavy atom. The van der Waals surface area contributed by atoms with Gasteiger partial charge in [0.2, 0.25) is 0 Å². The predicted molar refractivity (Wildman–Crippen MR) is 46.0 cm³/mol. The first-order chi connectivity index (χ1) is 5.81. The fourth-order valence-corrected chi connectivity index (χ4v) is 2.16. The number of piperidine rings is 1. The van der Waals surface area contributed by atoms with E-state index in [0.717, 1.165) is 45.4 Å². The third-order valence-electron chi connectivity index (χ3n) is 3.12. The summed E-state index contributed by atoms with van der Waals surface area (Å²) in [6.07, 6.45) is 4.16. The monoisotopic (exact) mass is 171 g/mol. The van der Waals surface area contributed by atoms with Gasteiger partial charge in [-0.1, -0.05) is 0 Å². The smallest absolute Gasteiger partial charge is 0.0665 e. The van der Waals surface area contributed by atoms with Crippen molar-refractivity contribution in [3.63, 3.8) is 0 Å². The first-order valence-electron chi connectivity index (χ1n) is 4.82. The zero-order chi connectivity index (χ0) is 8.44. The van der Waals surface area contributed by atoms with Crippen LogP contribution in [0.4, 0.5) is 0 Å². The number of β-amino-alcohol motifs (C(OH)–C–C–N with tert-alkyl or cyclic N) is 1. The van der Waals surface area contributed by atoms with Gasteiger partial charge in [-0.15, -0.1) is 0 Å². The lowest BCUT2D eigenvalue weighted by Crippen LogP contribution is -2.55. The molecule has 0 aromatic carbocycles. The van der Waals surface area contributed by atoms with E-state index in [4.69, 9.17) is 4.74 Å². The van der Waals surface area contributed by atoms with Crippen molar-refractivity contribution in [2.45, 2.75) is 37.3 Å². The number of aliphatic hydroxyl groups excluding tert-OH is 1. The largest absolute Gasteiger partial charge is 0.392 e. The van der Waals surface area contributed by atoms with E-state index in [9.17, 15) is 5.11 Å². The Hall–Kier alpha value is -0.120. The van der Waals surface area contributed by atoms with Crippen LogP contribution in [0.1, 0.15) is 25.7 Å². The Morgan fingerprint density at radius 2 is 2.00 bits per heavy atom. The summed E-state index contributed by atoms with van der Waals surface area (Å²) in [5.74, 6) is 0. The minimum atomic E-state index is -0.126. The van der Waals surface area contributed by atoms with Crippen LogP contribution in [0.5, 0.6) is 0 Å². The molecule has 3 nitrogen and oxygen atoms in total.